The van der Waals surface area contributed by atoms with Crippen LogP contribution in [0.2, 0.25) is 0 Å². The molecular formula is C16H13IN2O. The number of hydrogen-bond acceptors (Lipinski definition) is 1. The highest BCUT2D eigenvalue weighted by Crippen LogP contribution is 2.21. The van der Waals surface area contributed by atoms with Gasteiger partial charge in [-0.3, -0.25) is 4.79 Å². The summed E-state index contributed by atoms with van der Waals surface area (Å²) in [5, 5.41) is 1.06. The molecule has 0 aliphatic heterocycles. The number of nitrogens with one attached hydrogen (secondary N) is 1. The molecule has 0 aliphatic rings. The van der Waals surface area contributed by atoms with Crippen molar-refractivity contribution in [1.82, 2.24) is 4.98 Å². The van der Waals surface area contributed by atoms with E-state index in [2.05, 4.69) is 33.6 Å². The number of carbonyl (C=O) groups is 1. The maximum absolute atomic E-state index is 12.5. The minimum Gasteiger partial charge on any atom is -0.351 e. The van der Waals surface area contributed by atoms with Gasteiger partial charge in [0.25, 0.3) is 5.91 Å². The molecule has 3 rings (SSSR count). The minimum absolute atomic E-state index is 0.0394. The lowest BCUT2D eigenvalue weighted by atomic mass is 10.2. The van der Waals surface area contributed by atoms with Crippen molar-refractivity contribution in [2.45, 2.75) is 0 Å². The van der Waals surface area contributed by atoms with E-state index in [4.69, 9.17) is 0 Å². The predicted molar refractivity (Wildman–Crippen MR) is 90.2 cm³/mol. The first-order valence-corrected chi connectivity index (χ1v) is 7.34. The molecule has 0 bridgehead atoms. The van der Waals surface area contributed by atoms with E-state index in [-0.39, 0.29) is 5.91 Å². The number of carbonyl (C=O) groups excluding carboxylic acids is 1. The summed E-state index contributed by atoms with van der Waals surface area (Å²) in [5.41, 5.74) is 2.47. The molecule has 0 radical (unpaired) electrons. The monoisotopic (exact) mass is 376 g/mol. The molecule has 0 atom stereocenters. The standard InChI is InChI=1S/C16H13IN2O/c1-19(13-5-3-2-4-6-13)16(20)15-10-11-9-12(17)7-8-14(11)18-15/h2-10,18H,1H3. The molecule has 20 heavy (non-hydrogen) atoms. The second-order valence-electron chi connectivity index (χ2n) is 4.61. The molecular weight excluding hydrogens is 363 g/mol. The van der Waals surface area contributed by atoms with Crippen LogP contribution in [0.4, 0.5) is 5.69 Å². The van der Waals surface area contributed by atoms with Crippen molar-refractivity contribution in [3.8, 4) is 0 Å². The molecule has 4 heteroatoms. The number of benzene rings is 2. The highest BCUT2D eigenvalue weighted by atomic mass is 127. The summed E-state index contributed by atoms with van der Waals surface area (Å²) < 4.78 is 1.16. The molecule has 3 aromatic rings. The van der Waals surface area contributed by atoms with Gasteiger partial charge in [-0.1, -0.05) is 18.2 Å². The van der Waals surface area contributed by atoms with E-state index >= 15 is 0 Å². The molecule has 0 saturated heterocycles. The van der Waals surface area contributed by atoms with E-state index in [9.17, 15) is 4.79 Å². The first-order chi connectivity index (χ1) is 9.65. The summed E-state index contributed by atoms with van der Waals surface area (Å²) in [6.45, 7) is 0. The summed E-state index contributed by atoms with van der Waals surface area (Å²) in [6.07, 6.45) is 0. The third-order valence-electron chi connectivity index (χ3n) is 3.26. The lowest BCUT2D eigenvalue weighted by Gasteiger charge is -2.16. The molecule has 0 spiro atoms. The Kier molecular flexibility index (Phi) is 3.48. The van der Waals surface area contributed by atoms with E-state index in [0.717, 1.165) is 20.2 Å². The van der Waals surface area contributed by atoms with Crippen LogP contribution in [-0.4, -0.2) is 17.9 Å². The SMILES string of the molecule is CN(C(=O)c1cc2cc(I)ccc2[nH]1)c1ccccc1. The summed E-state index contributed by atoms with van der Waals surface area (Å²) >= 11 is 2.27. The van der Waals surface area contributed by atoms with E-state index in [1.807, 2.05) is 48.5 Å². The Bertz CT molecular complexity index is 765. The van der Waals surface area contributed by atoms with Crippen LogP contribution >= 0.6 is 22.6 Å². The summed E-state index contributed by atoms with van der Waals surface area (Å²) in [4.78, 5) is 17.3. The number of amides is 1. The molecule has 3 nitrogen and oxygen atoms in total. The summed E-state index contributed by atoms with van der Waals surface area (Å²) in [7, 11) is 1.78. The second kappa shape index (κ2) is 5.28. The van der Waals surface area contributed by atoms with Gasteiger partial charge in [-0.25, -0.2) is 0 Å². The molecule has 0 fully saturated rings. The zero-order valence-electron chi connectivity index (χ0n) is 10.9. The highest BCUT2D eigenvalue weighted by Gasteiger charge is 2.15. The third kappa shape index (κ3) is 2.43. The highest BCUT2D eigenvalue weighted by molar-refractivity contribution is 14.1. The van der Waals surface area contributed by atoms with Crippen LogP contribution in [-0.2, 0) is 0 Å². The lowest BCUT2D eigenvalue weighted by Crippen LogP contribution is -2.26. The quantitative estimate of drug-likeness (QED) is 0.674. The van der Waals surface area contributed by atoms with E-state index in [1.165, 1.54) is 0 Å². The lowest BCUT2D eigenvalue weighted by molar-refractivity contribution is 0.0989. The largest absolute Gasteiger partial charge is 0.351 e. The van der Waals surface area contributed by atoms with Crippen LogP contribution in [0.5, 0.6) is 0 Å². The Labute approximate surface area is 130 Å². The van der Waals surface area contributed by atoms with Gasteiger partial charge in [-0.05, 0) is 59.0 Å². The van der Waals surface area contributed by atoms with Crippen LogP contribution in [0, 0.1) is 3.57 Å². The van der Waals surface area contributed by atoms with Crippen molar-refractivity contribution in [3.05, 3.63) is 63.9 Å². The van der Waals surface area contributed by atoms with Crippen molar-refractivity contribution >= 4 is 45.1 Å². The maximum atomic E-state index is 12.5. The zero-order valence-corrected chi connectivity index (χ0v) is 13.1. The normalized spacial score (nSPS) is 10.7. The minimum atomic E-state index is -0.0394. The fourth-order valence-corrected chi connectivity index (χ4v) is 2.68. The van der Waals surface area contributed by atoms with Gasteiger partial charge in [-0.15, -0.1) is 0 Å². The van der Waals surface area contributed by atoms with E-state index < -0.39 is 0 Å². The molecule has 0 saturated carbocycles. The van der Waals surface area contributed by atoms with Gasteiger partial charge in [-0.2, -0.15) is 0 Å². The van der Waals surface area contributed by atoms with Crippen LogP contribution < -0.4 is 4.90 Å². The Morgan fingerprint density at radius 3 is 2.60 bits per heavy atom. The zero-order chi connectivity index (χ0) is 14.1. The Balaban J connectivity index is 1.96. The number of nitrogens with zero attached hydrogens (tertiary/aromatic N) is 1. The first-order valence-electron chi connectivity index (χ1n) is 6.26. The molecule has 1 heterocycles. The second-order valence-corrected chi connectivity index (χ2v) is 5.86. The number of halogens is 1. The van der Waals surface area contributed by atoms with Crippen molar-refractivity contribution in [1.29, 1.82) is 0 Å². The number of aromatic amines is 1. The van der Waals surface area contributed by atoms with Gasteiger partial charge in [0.05, 0.1) is 0 Å². The molecule has 2 aromatic carbocycles. The maximum Gasteiger partial charge on any atom is 0.274 e. The number of hydrogen-bond donors (Lipinski definition) is 1. The van der Waals surface area contributed by atoms with Crippen molar-refractivity contribution in [3.63, 3.8) is 0 Å². The van der Waals surface area contributed by atoms with Gasteiger partial charge in [0.15, 0.2) is 0 Å². The number of fused-ring (bicyclic) bond motifs is 1. The summed E-state index contributed by atoms with van der Waals surface area (Å²) in [6, 6.07) is 17.6. The van der Waals surface area contributed by atoms with Crippen LogP contribution in [0.15, 0.2) is 54.6 Å². The van der Waals surface area contributed by atoms with Gasteiger partial charge in [0.1, 0.15) is 5.69 Å². The fraction of sp³-hybridized carbons (Fsp3) is 0.0625. The van der Waals surface area contributed by atoms with Gasteiger partial charge in [0, 0.05) is 27.2 Å². The molecule has 0 unspecified atom stereocenters. The van der Waals surface area contributed by atoms with Crippen molar-refractivity contribution < 1.29 is 4.79 Å². The Morgan fingerprint density at radius 1 is 1.10 bits per heavy atom. The van der Waals surface area contributed by atoms with Crippen LogP contribution in [0.1, 0.15) is 10.5 Å². The smallest absolute Gasteiger partial charge is 0.274 e. The van der Waals surface area contributed by atoms with Gasteiger partial charge < -0.3 is 9.88 Å². The summed E-state index contributed by atoms with van der Waals surface area (Å²) in [5.74, 6) is -0.0394. The number of para-hydroxylation sites is 1. The first kappa shape index (κ1) is 13.2. The van der Waals surface area contributed by atoms with Crippen molar-refractivity contribution in [2.24, 2.45) is 0 Å². The molecule has 1 N–H and O–H groups in total. The van der Waals surface area contributed by atoms with Crippen LogP contribution in [0.25, 0.3) is 10.9 Å². The number of H-pyrrole nitrogens is 1. The predicted octanol–water partition coefficient (Wildman–Crippen LogP) is 4.05. The topological polar surface area (TPSA) is 36.1 Å². The van der Waals surface area contributed by atoms with Gasteiger partial charge in [0.2, 0.25) is 0 Å². The average Bonchev–Trinajstić information content (AvgIpc) is 2.89. The third-order valence-corrected chi connectivity index (χ3v) is 3.93. The molecule has 100 valence electrons. The van der Waals surface area contributed by atoms with Crippen LogP contribution in [0.3, 0.4) is 0 Å². The molecule has 1 amide bonds. The van der Waals surface area contributed by atoms with E-state index in [1.54, 1.807) is 11.9 Å². The number of anilines is 1. The molecule has 0 aliphatic carbocycles. The number of rotatable bonds is 2. The van der Waals surface area contributed by atoms with Crippen molar-refractivity contribution in [2.75, 3.05) is 11.9 Å². The Hall–Kier alpha value is -1.82. The fourth-order valence-electron chi connectivity index (χ4n) is 2.17. The Morgan fingerprint density at radius 2 is 1.85 bits per heavy atom. The van der Waals surface area contributed by atoms with E-state index in [0.29, 0.717) is 5.69 Å². The molecule has 1 aromatic heterocycles. The van der Waals surface area contributed by atoms with Gasteiger partial charge >= 0.3 is 0 Å². The average molecular weight is 376 g/mol. The number of aromatic nitrogens is 1.